The summed E-state index contributed by atoms with van der Waals surface area (Å²) in [5.41, 5.74) is 6.17. The highest BCUT2D eigenvalue weighted by atomic mass is 32.1. The molecule has 162 valence electrons. The minimum absolute atomic E-state index is 0.0980. The number of carbonyl (C=O) groups is 3. The molecule has 7 N–H and O–H groups in total. The van der Waals surface area contributed by atoms with E-state index in [9.17, 15) is 19.5 Å². The number of hydrogen-bond acceptors (Lipinski definition) is 11. The summed E-state index contributed by atoms with van der Waals surface area (Å²) in [6.07, 6.45) is 0.840. The average Bonchev–Trinajstić information content (AvgIpc) is 3.18. The van der Waals surface area contributed by atoms with Gasteiger partial charge in [0.25, 0.3) is 5.91 Å². The zero-order chi connectivity index (χ0) is 22.5. The number of aromatic nitrogens is 4. The predicted octanol–water partition coefficient (Wildman–Crippen LogP) is 0.429. The normalized spacial score (nSPS) is 11.7. The van der Waals surface area contributed by atoms with Crippen molar-refractivity contribution in [3.8, 4) is 5.88 Å². The molecule has 1 unspecified atom stereocenters. The van der Waals surface area contributed by atoms with Crippen LogP contribution in [0, 0.1) is 0 Å². The summed E-state index contributed by atoms with van der Waals surface area (Å²) in [5, 5.41) is 33.6. The lowest BCUT2D eigenvalue weighted by molar-refractivity contribution is -0.140. The third kappa shape index (κ3) is 5.51. The number of aliphatic carboxylic acids is 2. The maximum atomic E-state index is 12.3. The number of fused-ring (bicyclic) bond motifs is 1. The van der Waals surface area contributed by atoms with Crippen LogP contribution in [-0.4, -0.2) is 59.1 Å². The van der Waals surface area contributed by atoms with E-state index in [0.29, 0.717) is 10.7 Å². The molecule has 1 amide bonds. The molecule has 31 heavy (non-hydrogen) atoms. The van der Waals surface area contributed by atoms with Gasteiger partial charge in [-0.2, -0.15) is 9.97 Å². The molecule has 0 aliphatic carbocycles. The lowest BCUT2D eigenvalue weighted by atomic mass is 10.1. The molecule has 0 aromatic carbocycles. The number of carbonyl (C=O) groups excluding carboxylic acids is 1. The van der Waals surface area contributed by atoms with Gasteiger partial charge in [0, 0.05) is 6.42 Å². The third-order valence-corrected chi connectivity index (χ3v) is 5.02. The fourth-order valence-electron chi connectivity index (χ4n) is 2.52. The number of carboxylic acids is 2. The van der Waals surface area contributed by atoms with Crippen LogP contribution in [-0.2, 0) is 16.1 Å². The summed E-state index contributed by atoms with van der Waals surface area (Å²) in [7, 11) is 0. The van der Waals surface area contributed by atoms with Gasteiger partial charge in [-0.1, -0.05) is 0 Å². The van der Waals surface area contributed by atoms with Gasteiger partial charge >= 0.3 is 11.9 Å². The van der Waals surface area contributed by atoms with Crippen LogP contribution in [0.3, 0.4) is 0 Å². The van der Waals surface area contributed by atoms with E-state index >= 15 is 0 Å². The van der Waals surface area contributed by atoms with Crippen molar-refractivity contribution in [3.05, 3.63) is 28.9 Å². The number of nitrogen functional groups attached to an aromatic ring is 1. The van der Waals surface area contributed by atoms with Gasteiger partial charge in [-0.05, 0) is 18.6 Å². The number of carboxylic acid groups (broad SMARTS) is 2. The van der Waals surface area contributed by atoms with Crippen molar-refractivity contribution in [3.63, 3.8) is 0 Å². The van der Waals surface area contributed by atoms with Gasteiger partial charge in [-0.15, -0.1) is 11.3 Å². The van der Waals surface area contributed by atoms with Gasteiger partial charge in [-0.25, -0.2) is 14.8 Å². The molecular formula is C17H17N7O6S. The van der Waals surface area contributed by atoms with E-state index in [2.05, 4.69) is 30.6 Å². The van der Waals surface area contributed by atoms with Gasteiger partial charge in [0.2, 0.25) is 11.8 Å². The largest absolute Gasteiger partial charge is 0.492 e. The number of thiophene rings is 1. The Morgan fingerprint density at radius 1 is 1.16 bits per heavy atom. The molecule has 0 bridgehead atoms. The van der Waals surface area contributed by atoms with Crippen LogP contribution < -0.4 is 16.4 Å². The van der Waals surface area contributed by atoms with E-state index in [1.807, 2.05) is 0 Å². The Labute approximate surface area is 178 Å². The molecule has 14 heteroatoms. The van der Waals surface area contributed by atoms with Crippen molar-refractivity contribution in [1.82, 2.24) is 25.3 Å². The van der Waals surface area contributed by atoms with E-state index in [-0.39, 0.29) is 47.3 Å². The van der Waals surface area contributed by atoms with Crippen LogP contribution in [0.4, 0.5) is 10.9 Å². The maximum Gasteiger partial charge on any atom is 0.326 e. The van der Waals surface area contributed by atoms with Gasteiger partial charge in [0.05, 0.1) is 28.3 Å². The van der Waals surface area contributed by atoms with Crippen molar-refractivity contribution < 1.29 is 29.7 Å². The second-order valence-corrected chi connectivity index (χ2v) is 7.34. The molecule has 1 atom stereocenters. The fourth-order valence-corrected chi connectivity index (χ4v) is 3.32. The molecule has 3 heterocycles. The molecule has 0 aliphatic rings. The topological polar surface area (TPSA) is 214 Å². The number of nitrogens with zero attached hydrogens (tertiary/aromatic N) is 4. The fraction of sp³-hybridized carbons (Fsp3) is 0.235. The Morgan fingerprint density at radius 2 is 1.94 bits per heavy atom. The zero-order valence-electron chi connectivity index (χ0n) is 15.8. The summed E-state index contributed by atoms with van der Waals surface area (Å²) >= 11 is 1.08. The molecule has 0 saturated heterocycles. The highest BCUT2D eigenvalue weighted by molar-refractivity contribution is 7.17. The molecule has 0 aliphatic heterocycles. The number of amides is 1. The van der Waals surface area contributed by atoms with Crippen molar-refractivity contribution in [2.45, 2.75) is 25.4 Å². The highest BCUT2D eigenvalue weighted by Gasteiger charge is 2.22. The predicted molar refractivity (Wildman–Crippen MR) is 109 cm³/mol. The minimum atomic E-state index is -1.31. The Hall–Kier alpha value is -4.07. The second-order valence-electron chi connectivity index (χ2n) is 6.25. The van der Waals surface area contributed by atoms with E-state index in [0.717, 1.165) is 11.3 Å². The smallest absolute Gasteiger partial charge is 0.326 e. The third-order valence-electron chi connectivity index (χ3n) is 3.98. The molecular weight excluding hydrogens is 430 g/mol. The summed E-state index contributed by atoms with van der Waals surface area (Å²) in [4.78, 5) is 50.2. The number of aromatic hydroxyl groups is 1. The Bertz CT molecular complexity index is 1150. The number of rotatable bonds is 9. The molecule has 0 radical (unpaired) electrons. The molecule has 3 rings (SSSR count). The van der Waals surface area contributed by atoms with Crippen LogP contribution >= 0.6 is 11.3 Å². The average molecular weight is 447 g/mol. The molecule has 0 spiro atoms. The number of anilines is 2. The standard InChI is InChI=1S/C17H17N7O6S/c18-17-23-13-12(15(28)24-17)21-7(6-20-13)5-19-10-3-2-9(31-10)14(27)22-8(16(29)30)1-4-11(25)26/h2-3,6,8,19H,1,4-5H2,(H,22,27)(H,25,26)(H,29,30)(H3,18,20,23,24,28). The lowest BCUT2D eigenvalue weighted by Gasteiger charge is -2.12. The summed E-state index contributed by atoms with van der Waals surface area (Å²) in [6, 6.07) is 1.83. The molecule has 3 aromatic rings. The minimum Gasteiger partial charge on any atom is -0.492 e. The first-order valence-corrected chi connectivity index (χ1v) is 9.62. The van der Waals surface area contributed by atoms with E-state index in [1.165, 1.54) is 12.3 Å². The Kier molecular flexibility index (Phi) is 6.40. The van der Waals surface area contributed by atoms with E-state index in [4.69, 9.17) is 15.9 Å². The number of nitrogens with two attached hydrogens (primary N) is 1. The summed E-state index contributed by atoms with van der Waals surface area (Å²) in [5.74, 6) is -3.59. The number of hydrogen-bond donors (Lipinski definition) is 6. The number of nitrogens with one attached hydrogen (secondary N) is 2. The summed E-state index contributed by atoms with van der Waals surface area (Å²) < 4.78 is 0. The molecule has 13 nitrogen and oxygen atoms in total. The van der Waals surface area contributed by atoms with Crippen LogP contribution in [0.15, 0.2) is 18.3 Å². The second kappa shape index (κ2) is 9.17. The first-order chi connectivity index (χ1) is 14.7. The van der Waals surface area contributed by atoms with Gasteiger partial charge < -0.3 is 31.7 Å². The SMILES string of the molecule is Nc1nc(O)c2nc(CNc3ccc(C(=O)NC(CCC(=O)O)C(=O)O)s3)cnc2n1. The van der Waals surface area contributed by atoms with Gasteiger partial charge in [0.1, 0.15) is 6.04 Å². The quantitative estimate of drug-likeness (QED) is 0.263. The van der Waals surface area contributed by atoms with Crippen LogP contribution in [0.2, 0.25) is 0 Å². The van der Waals surface area contributed by atoms with Gasteiger partial charge in [0.15, 0.2) is 11.2 Å². The first kappa shape index (κ1) is 21.6. The molecule has 0 saturated carbocycles. The first-order valence-electron chi connectivity index (χ1n) is 8.80. The van der Waals surface area contributed by atoms with Crippen LogP contribution in [0.5, 0.6) is 5.88 Å². The van der Waals surface area contributed by atoms with Crippen molar-refractivity contribution in [2.75, 3.05) is 11.1 Å². The van der Waals surface area contributed by atoms with Crippen LogP contribution in [0.25, 0.3) is 11.2 Å². The molecule has 3 aromatic heterocycles. The highest BCUT2D eigenvalue weighted by Crippen LogP contribution is 2.23. The van der Waals surface area contributed by atoms with Crippen LogP contribution in [0.1, 0.15) is 28.2 Å². The van der Waals surface area contributed by atoms with Crippen molar-refractivity contribution in [2.24, 2.45) is 0 Å². The van der Waals surface area contributed by atoms with E-state index < -0.39 is 23.9 Å². The van der Waals surface area contributed by atoms with Gasteiger partial charge in [-0.3, -0.25) is 9.59 Å². The Balaban J connectivity index is 1.63. The summed E-state index contributed by atoms with van der Waals surface area (Å²) in [6.45, 7) is 0.213. The molecule has 0 fully saturated rings. The maximum absolute atomic E-state index is 12.3. The Morgan fingerprint density at radius 3 is 2.65 bits per heavy atom. The van der Waals surface area contributed by atoms with Crippen molar-refractivity contribution in [1.29, 1.82) is 0 Å². The zero-order valence-corrected chi connectivity index (χ0v) is 16.6. The van der Waals surface area contributed by atoms with E-state index in [1.54, 1.807) is 6.07 Å². The van der Waals surface area contributed by atoms with Crippen molar-refractivity contribution >= 4 is 51.3 Å². The lowest BCUT2D eigenvalue weighted by Crippen LogP contribution is -2.40. The monoisotopic (exact) mass is 447 g/mol.